The smallest absolute Gasteiger partial charge is 0.315 e. The van der Waals surface area contributed by atoms with Gasteiger partial charge in [-0.25, -0.2) is 4.98 Å². The van der Waals surface area contributed by atoms with Crippen LogP contribution in [0.5, 0.6) is 0 Å². The molecule has 1 unspecified atom stereocenters. The number of carbonyl (C=O) groups is 1. The summed E-state index contributed by atoms with van der Waals surface area (Å²) in [5.41, 5.74) is 7.44. The third-order valence-electron chi connectivity index (χ3n) is 3.48. The Labute approximate surface area is 122 Å². The van der Waals surface area contributed by atoms with Gasteiger partial charge in [0.15, 0.2) is 0 Å². The van der Waals surface area contributed by atoms with E-state index in [-0.39, 0.29) is 6.54 Å². The number of hydrogen-bond donors (Lipinski definition) is 2. The molecule has 2 aromatic rings. The maximum atomic E-state index is 11.8. The van der Waals surface area contributed by atoms with Crippen molar-refractivity contribution in [2.24, 2.45) is 5.73 Å². The summed E-state index contributed by atoms with van der Waals surface area (Å²) in [4.78, 5) is 16.2. The number of aromatic nitrogens is 1. The summed E-state index contributed by atoms with van der Waals surface area (Å²) in [6, 6.07) is 7.51. The van der Waals surface area contributed by atoms with Gasteiger partial charge < -0.3 is 10.8 Å². The first-order valence-corrected chi connectivity index (χ1v) is 7.27. The molecule has 2 rings (SSSR count). The number of aliphatic carboxylic acids is 1. The fourth-order valence-electron chi connectivity index (χ4n) is 2.19. The van der Waals surface area contributed by atoms with Crippen molar-refractivity contribution in [2.75, 3.05) is 6.54 Å². The van der Waals surface area contributed by atoms with Gasteiger partial charge in [0.2, 0.25) is 0 Å². The number of thiazole rings is 1. The van der Waals surface area contributed by atoms with E-state index in [0.717, 1.165) is 21.8 Å². The molecule has 0 fully saturated rings. The summed E-state index contributed by atoms with van der Waals surface area (Å²) < 4.78 is 0. The average Bonchev–Trinajstić information content (AvgIpc) is 2.82. The molecule has 0 spiro atoms. The van der Waals surface area contributed by atoms with Gasteiger partial charge in [0.25, 0.3) is 0 Å². The molecule has 0 aliphatic rings. The lowest BCUT2D eigenvalue weighted by Crippen LogP contribution is -2.45. The lowest BCUT2D eigenvalue weighted by Gasteiger charge is -2.27. The van der Waals surface area contributed by atoms with E-state index in [4.69, 9.17) is 5.73 Å². The SMILES string of the molecule is Cc1ccc(C(CN)(Cc2nc(C)cs2)C(=O)O)cc1. The third kappa shape index (κ3) is 2.73. The molecule has 0 saturated carbocycles. The molecule has 1 heterocycles. The van der Waals surface area contributed by atoms with Gasteiger partial charge in [-0.3, -0.25) is 4.79 Å². The highest BCUT2D eigenvalue weighted by atomic mass is 32.1. The molecule has 0 aliphatic carbocycles. The average molecular weight is 290 g/mol. The van der Waals surface area contributed by atoms with E-state index < -0.39 is 11.4 Å². The van der Waals surface area contributed by atoms with E-state index in [2.05, 4.69) is 4.98 Å². The summed E-state index contributed by atoms with van der Waals surface area (Å²) in [5, 5.41) is 12.4. The molecule has 5 heteroatoms. The van der Waals surface area contributed by atoms with E-state index in [1.54, 1.807) is 0 Å². The predicted octanol–water partition coefficient (Wildman–Crippen LogP) is 2.28. The largest absolute Gasteiger partial charge is 0.481 e. The standard InChI is InChI=1S/C15H18N2O2S/c1-10-3-5-12(6-4-10)15(9-16,14(18)19)7-13-17-11(2)8-20-13/h3-6,8H,7,9,16H2,1-2H3,(H,18,19). The van der Waals surface area contributed by atoms with Crippen LogP contribution in [-0.2, 0) is 16.6 Å². The van der Waals surface area contributed by atoms with Crippen molar-refractivity contribution in [1.29, 1.82) is 0 Å². The van der Waals surface area contributed by atoms with Crippen LogP contribution in [-0.4, -0.2) is 22.6 Å². The number of nitrogens with two attached hydrogens (primary N) is 1. The van der Waals surface area contributed by atoms with Crippen LogP contribution >= 0.6 is 11.3 Å². The number of carboxylic acids is 1. The molecule has 3 N–H and O–H groups in total. The molecular weight excluding hydrogens is 272 g/mol. The van der Waals surface area contributed by atoms with Crippen molar-refractivity contribution < 1.29 is 9.90 Å². The highest BCUT2D eigenvalue weighted by Crippen LogP contribution is 2.29. The second-order valence-electron chi connectivity index (χ2n) is 5.02. The van der Waals surface area contributed by atoms with E-state index >= 15 is 0 Å². The van der Waals surface area contributed by atoms with Gasteiger partial charge in [-0.05, 0) is 19.4 Å². The van der Waals surface area contributed by atoms with Crippen LogP contribution in [0.4, 0.5) is 0 Å². The van der Waals surface area contributed by atoms with Crippen LogP contribution in [0.1, 0.15) is 21.8 Å². The Balaban J connectivity index is 2.44. The topological polar surface area (TPSA) is 76.2 Å². The highest BCUT2D eigenvalue weighted by molar-refractivity contribution is 7.09. The van der Waals surface area contributed by atoms with Gasteiger partial charge >= 0.3 is 5.97 Å². The van der Waals surface area contributed by atoms with Crippen molar-refractivity contribution in [3.63, 3.8) is 0 Å². The number of benzene rings is 1. The Morgan fingerprint density at radius 2 is 2.00 bits per heavy atom. The summed E-state index contributed by atoms with van der Waals surface area (Å²) in [5.74, 6) is -0.906. The first kappa shape index (κ1) is 14.7. The zero-order chi connectivity index (χ0) is 14.8. The fourth-order valence-corrected chi connectivity index (χ4v) is 3.08. The van der Waals surface area contributed by atoms with Crippen LogP contribution in [0, 0.1) is 13.8 Å². The predicted molar refractivity (Wildman–Crippen MR) is 80.1 cm³/mol. The molecular formula is C15H18N2O2S. The Morgan fingerprint density at radius 3 is 2.45 bits per heavy atom. The Bertz CT molecular complexity index is 607. The van der Waals surface area contributed by atoms with Gasteiger partial charge in [-0.15, -0.1) is 11.3 Å². The lowest BCUT2D eigenvalue weighted by molar-refractivity contribution is -0.143. The first-order valence-electron chi connectivity index (χ1n) is 6.39. The third-order valence-corrected chi connectivity index (χ3v) is 4.45. The molecule has 0 aliphatic heterocycles. The molecule has 0 radical (unpaired) electrons. The summed E-state index contributed by atoms with van der Waals surface area (Å²) >= 11 is 1.48. The van der Waals surface area contributed by atoms with E-state index in [1.807, 2.05) is 43.5 Å². The minimum atomic E-state index is -1.11. The molecule has 1 aromatic carbocycles. The van der Waals surface area contributed by atoms with Gasteiger partial charge in [0, 0.05) is 24.0 Å². The van der Waals surface area contributed by atoms with Gasteiger partial charge in [-0.2, -0.15) is 0 Å². The number of hydrogen-bond acceptors (Lipinski definition) is 4. The monoisotopic (exact) mass is 290 g/mol. The van der Waals surface area contributed by atoms with E-state index in [9.17, 15) is 9.90 Å². The van der Waals surface area contributed by atoms with Crippen molar-refractivity contribution >= 4 is 17.3 Å². The van der Waals surface area contributed by atoms with Crippen LogP contribution in [0.3, 0.4) is 0 Å². The molecule has 0 amide bonds. The summed E-state index contributed by atoms with van der Waals surface area (Å²) in [7, 11) is 0. The zero-order valence-corrected chi connectivity index (χ0v) is 12.4. The van der Waals surface area contributed by atoms with Gasteiger partial charge in [-0.1, -0.05) is 29.8 Å². The minimum Gasteiger partial charge on any atom is -0.481 e. The number of aryl methyl sites for hydroxylation is 2. The van der Waals surface area contributed by atoms with E-state index in [0.29, 0.717) is 6.42 Å². The second-order valence-corrected chi connectivity index (χ2v) is 5.96. The molecule has 106 valence electrons. The molecule has 0 bridgehead atoms. The van der Waals surface area contributed by atoms with Crippen molar-refractivity contribution in [3.05, 3.63) is 51.5 Å². The Kier molecular flexibility index (Phi) is 4.20. The number of nitrogens with zero attached hydrogens (tertiary/aromatic N) is 1. The molecule has 0 saturated heterocycles. The second kappa shape index (κ2) is 5.73. The van der Waals surface area contributed by atoms with Crippen molar-refractivity contribution in [1.82, 2.24) is 4.98 Å². The quantitative estimate of drug-likeness (QED) is 0.885. The number of rotatable bonds is 5. The lowest BCUT2D eigenvalue weighted by atomic mass is 9.77. The van der Waals surface area contributed by atoms with Gasteiger partial charge in [0.1, 0.15) is 5.41 Å². The van der Waals surface area contributed by atoms with Crippen molar-refractivity contribution in [2.45, 2.75) is 25.7 Å². The molecule has 4 nitrogen and oxygen atoms in total. The van der Waals surface area contributed by atoms with E-state index in [1.165, 1.54) is 11.3 Å². The highest BCUT2D eigenvalue weighted by Gasteiger charge is 2.40. The first-order chi connectivity index (χ1) is 9.48. The maximum Gasteiger partial charge on any atom is 0.315 e. The zero-order valence-electron chi connectivity index (χ0n) is 11.6. The summed E-state index contributed by atoms with van der Waals surface area (Å²) in [6.07, 6.45) is 0.320. The minimum absolute atomic E-state index is 0.0457. The molecule has 1 atom stereocenters. The number of carboxylic acid groups (broad SMARTS) is 1. The molecule has 1 aromatic heterocycles. The van der Waals surface area contributed by atoms with Crippen LogP contribution in [0.15, 0.2) is 29.6 Å². The summed E-state index contributed by atoms with van der Waals surface area (Å²) in [6.45, 7) is 3.92. The van der Waals surface area contributed by atoms with Crippen LogP contribution < -0.4 is 5.73 Å². The maximum absolute atomic E-state index is 11.8. The van der Waals surface area contributed by atoms with Crippen LogP contribution in [0.25, 0.3) is 0 Å². The molecule has 20 heavy (non-hydrogen) atoms. The Morgan fingerprint density at radius 1 is 1.35 bits per heavy atom. The Hall–Kier alpha value is -1.72. The fraction of sp³-hybridized carbons (Fsp3) is 0.333. The normalized spacial score (nSPS) is 13.9. The van der Waals surface area contributed by atoms with Gasteiger partial charge in [0.05, 0.1) is 5.01 Å². The van der Waals surface area contributed by atoms with Crippen molar-refractivity contribution in [3.8, 4) is 0 Å². The van der Waals surface area contributed by atoms with Crippen LogP contribution in [0.2, 0.25) is 0 Å².